The van der Waals surface area contributed by atoms with E-state index in [1.54, 1.807) is 0 Å². The third-order valence-corrected chi connectivity index (χ3v) is 4.55. The van der Waals surface area contributed by atoms with E-state index in [4.69, 9.17) is 4.74 Å². The summed E-state index contributed by atoms with van der Waals surface area (Å²) in [5.74, 6) is 2.04. The van der Waals surface area contributed by atoms with Gasteiger partial charge in [-0.3, -0.25) is 0 Å². The van der Waals surface area contributed by atoms with Gasteiger partial charge in [0.05, 0.1) is 12.7 Å². The van der Waals surface area contributed by atoms with Gasteiger partial charge >= 0.3 is 0 Å². The fourth-order valence-electron chi connectivity index (χ4n) is 2.09. The fraction of sp³-hybridized carbons (Fsp3) is 1.00. The lowest BCUT2D eigenvalue weighted by Crippen LogP contribution is -2.34. The van der Waals surface area contributed by atoms with Gasteiger partial charge in [-0.1, -0.05) is 13.8 Å². The van der Waals surface area contributed by atoms with Crippen molar-refractivity contribution < 1.29 is 9.84 Å². The molecule has 2 atom stereocenters. The Morgan fingerprint density at radius 2 is 2.28 bits per heavy atom. The Labute approximate surface area is 116 Å². The van der Waals surface area contributed by atoms with E-state index in [9.17, 15) is 5.11 Å². The van der Waals surface area contributed by atoms with E-state index in [0.717, 1.165) is 30.7 Å². The summed E-state index contributed by atoms with van der Waals surface area (Å²) in [6.45, 7) is 7.35. The molecular formula is C14H29NO2S. The number of aliphatic hydroxyl groups is 1. The Morgan fingerprint density at radius 3 is 2.94 bits per heavy atom. The zero-order valence-corrected chi connectivity index (χ0v) is 12.7. The molecule has 0 aromatic rings. The molecular weight excluding hydrogens is 246 g/mol. The molecule has 0 aromatic heterocycles. The summed E-state index contributed by atoms with van der Waals surface area (Å²) < 4.78 is 5.47. The number of aliphatic hydroxyl groups excluding tert-OH is 1. The van der Waals surface area contributed by atoms with Gasteiger partial charge in [-0.2, -0.15) is 11.8 Å². The van der Waals surface area contributed by atoms with E-state index in [0.29, 0.717) is 13.2 Å². The zero-order chi connectivity index (χ0) is 13.2. The maximum absolute atomic E-state index is 9.74. The van der Waals surface area contributed by atoms with Gasteiger partial charge in [-0.05, 0) is 37.4 Å². The number of hydrogen-bond acceptors (Lipinski definition) is 4. The molecule has 2 unspecified atom stereocenters. The van der Waals surface area contributed by atoms with E-state index < -0.39 is 0 Å². The summed E-state index contributed by atoms with van der Waals surface area (Å²) in [4.78, 5) is 0. The first-order chi connectivity index (χ1) is 8.68. The van der Waals surface area contributed by atoms with Gasteiger partial charge in [0.2, 0.25) is 0 Å². The van der Waals surface area contributed by atoms with Crippen molar-refractivity contribution >= 4 is 11.8 Å². The van der Waals surface area contributed by atoms with Crippen molar-refractivity contribution in [3.8, 4) is 0 Å². The molecule has 0 amide bonds. The smallest absolute Gasteiger partial charge is 0.0897 e. The summed E-state index contributed by atoms with van der Waals surface area (Å²) in [7, 11) is 0. The molecule has 1 aliphatic rings. The third-order valence-electron chi connectivity index (χ3n) is 3.16. The van der Waals surface area contributed by atoms with Crippen LogP contribution in [0.4, 0.5) is 0 Å². The monoisotopic (exact) mass is 275 g/mol. The van der Waals surface area contributed by atoms with E-state index >= 15 is 0 Å². The maximum Gasteiger partial charge on any atom is 0.0897 e. The van der Waals surface area contributed by atoms with Crippen LogP contribution >= 0.6 is 11.8 Å². The predicted molar refractivity (Wildman–Crippen MR) is 79.2 cm³/mol. The average Bonchev–Trinajstić information content (AvgIpc) is 2.81. The molecule has 0 bridgehead atoms. The van der Waals surface area contributed by atoms with Gasteiger partial charge in [-0.15, -0.1) is 0 Å². The van der Waals surface area contributed by atoms with E-state index in [1.807, 2.05) is 11.8 Å². The molecule has 1 aliphatic heterocycles. The second-order valence-electron chi connectivity index (χ2n) is 5.56. The summed E-state index contributed by atoms with van der Waals surface area (Å²) in [6.07, 6.45) is 4.59. The lowest BCUT2D eigenvalue weighted by Gasteiger charge is -2.14. The highest BCUT2D eigenvalue weighted by Gasteiger charge is 2.15. The largest absolute Gasteiger partial charge is 0.389 e. The molecule has 1 saturated heterocycles. The molecule has 1 rings (SSSR count). The van der Waals surface area contributed by atoms with Crippen molar-refractivity contribution in [1.29, 1.82) is 0 Å². The minimum Gasteiger partial charge on any atom is -0.389 e. The van der Waals surface area contributed by atoms with E-state index in [2.05, 4.69) is 19.2 Å². The van der Waals surface area contributed by atoms with Crippen LogP contribution in [0, 0.1) is 5.92 Å². The number of nitrogens with one attached hydrogen (secondary N) is 1. The number of ether oxygens (including phenoxy) is 1. The minimum absolute atomic E-state index is 0.365. The van der Waals surface area contributed by atoms with Crippen LogP contribution in [0.25, 0.3) is 0 Å². The first-order valence-corrected chi connectivity index (χ1v) is 8.31. The molecule has 3 nitrogen and oxygen atoms in total. The summed E-state index contributed by atoms with van der Waals surface area (Å²) in [5.41, 5.74) is 0. The number of rotatable bonds is 10. The topological polar surface area (TPSA) is 41.5 Å². The summed E-state index contributed by atoms with van der Waals surface area (Å²) in [5, 5.41) is 13.8. The van der Waals surface area contributed by atoms with Crippen molar-refractivity contribution in [2.75, 3.05) is 32.1 Å². The van der Waals surface area contributed by atoms with E-state index in [1.165, 1.54) is 25.0 Å². The molecule has 0 spiro atoms. The Hall–Kier alpha value is 0.230. The Balaban J connectivity index is 1.85. The second-order valence-corrected chi connectivity index (χ2v) is 6.97. The maximum atomic E-state index is 9.74. The Morgan fingerprint density at radius 1 is 1.44 bits per heavy atom. The lowest BCUT2D eigenvalue weighted by atomic mass is 10.1. The standard InChI is InChI=1S/C14H29NO2S/c1-12(2)5-3-7-17-11-13(16)9-15-10-14-6-4-8-18-14/h12-16H,3-11H2,1-2H3. The van der Waals surface area contributed by atoms with Gasteiger partial charge in [-0.25, -0.2) is 0 Å². The predicted octanol–water partition coefficient (Wildman–Crippen LogP) is 2.29. The van der Waals surface area contributed by atoms with Crippen LogP contribution in [0.2, 0.25) is 0 Å². The van der Waals surface area contributed by atoms with Crippen LogP contribution in [0.3, 0.4) is 0 Å². The SMILES string of the molecule is CC(C)CCCOCC(O)CNCC1CCCS1. The molecule has 0 saturated carbocycles. The second kappa shape index (κ2) is 10.1. The fourth-order valence-corrected chi connectivity index (χ4v) is 3.32. The number of hydrogen-bond donors (Lipinski definition) is 2. The van der Waals surface area contributed by atoms with Crippen LogP contribution in [0.1, 0.15) is 39.5 Å². The molecule has 18 heavy (non-hydrogen) atoms. The van der Waals surface area contributed by atoms with Crippen molar-refractivity contribution in [2.24, 2.45) is 5.92 Å². The summed E-state index contributed by atoms with van der Waals surface area (Å²) >= 11 is 2.05. The summed E-state index contributed by atoms with van der Waals surface area (Å²) in [6, 6.07) is 0. The van der Waals surface area contributed by atoms with Crippen molar-refractivity contribution in [3.63, 3.8) is 0 Å². The van der Waals surface area contributed by atoms with Crippen molar-refractivity contribution in [1.82, 2.24) is 5.32 Å². The van der Waals surface area contributed by atoms with Gasteiger partial charge < -0.3 is 15.2 Å². The molecule has 0 aromatic carbocycles. The normalized spacial score (nSPS) is 21.7. The third kappa shape index (κ3) is 8.35. The highest BCUT2D eigenvalue weighted by molar-refractivity contribution is 8.00. The van der Waals surface area contributed by atoms with Crippen molar-refractivity contribution in [2.45, 2.75) is 50.9 Å². The van der Waals surface area contributed by atoms with Gasteiger partial charge in [0, 0.05) is 24.9 Å². The molecule has 1 heterocycles. The molecule has 2 N–H and O–H groups in total. The molecule has 0 radical (unpaired) electrons. The van der Waals surface area contributed by atoms with Crippen LogP contribution in [0.5, 0.6) is 0 Å². The van der Waals surface area contributed by atoms with Crippen molar-refractivity contribution in [3.05, 3.63) is 0 Å². The van der Waals surface area contributed by atoms with E-state index in [-0.39, 0.29) is 6.10 Å². The quantitative estimate of drug-likeness (QED) is 0.600. The van der Waals surface area contributed by atoms with Crippen LogP contribution in [0.15, 0.2) is 0 Å². The Kier molecular flexibility index (Phi) is 9.11. The molecule has 108 valence electrons. The molecule has 0 aliphatic carbocycles. The highest BCUT2D eigenvalue weighted by Crippen LogP contribution is 2.25. The molecule has 4 heteroatoms. The minimum atomic E-state index is -0.365. The van der Waals surface area contributed by atoms with Crippen LogP contribution < -0.4 is 5.32 Å². The van der Waals surface area contributed by atoms with Crippen LogP contribution in [-0.4, -0.2) is 48.5 Å². The lowest BCUT2D eigenvalue weighted by molar-refractivity contribution is 0.0349. The first kappa shape index (κ1) is 16.3. The molecule has 1 fully saturated rings. The highest BCUT2D eigenvalue weighted by atomic mass is 32.2. The zero-order valence-electron chi connectivity index (χ0n) is 11.9. The van der Waals surface area contributed by atoms with Gasteiger partial charge in [0.25, 0.3) is 0 Å². The average molecular weight is 275 g/mol. The first-order valence-electron chi connectivity index (χ1n) is 7.26. The van der Waals surface area contributed by atoms with Gasteiger partial charge in [0.1, 0.15) is 0 Å². The number of thioether (sulfide) groups is 1. The Bertz CT molecular complexity index is 196. The van der Waals surface area contributed by atoms with Crippen LogP contribution in [-0.2, 0) is 4.74 Å². The van der Waals surface area contributed by atoms with Gasteiger partial charge in [0.15, 0.2) is 0 Å².